The van der Waals surface area contributed by atoms with Crippen molar-refractivity contribution in [3.05, 3.63) is 0 Å². The fourth-order valence-corrected chi connectivity index (χ4v) is 0.791. The van der Waals surface area contributed by atoms with E-state index in [-0.39, 0.29) is 30.0 Å². The lowest BCUT2D eigenvalue weighted by Crippen LogP contribution is -2.32. The highest BCUT2D eigenvalue weighted by Crippen LogP contribution is 2.09. The quantitative estimate of drug-likeness (QED) is 0.728. The Morgan fingerprint density at radius 2 is 2.00 bits per heavy atom. The van der Waals surface area contributed by atoms with Gasteiger partial charge in [-0.3, -0.25) is 4.79 Å². The van der Waals surface area contributed by atoms with Gasteiger partial charge in [-0.15, -0.1) is 12.4 Å². The smallest absolute Gasteiger partial charge is 0.306 e. The molecule has 0 aliphatic heterocycles. The van der Waals surface area contributed by atoms with Crippen LogP contribution in [0.1, 0.15) is 47.0 Å². The molecule has 0 rings (SSSR count). The van der Waals surface area contributed by atoms with Crippen LogP contribution >= 0.6 is 12.4 Å². The van der Waals surface area contributed by atoms with Crippen LogP contribution in [0.3, 0.4) is 0 Å². The minimum Gasteiger partial charge on any atom is -0.463 e. The number of hydrogen-bond acceptors (Lipinski definition) is 3. The van der Waals surface area contributed by atoms with E-state index < -0.39 is 0 Å². The third-order valence-electron chi connectivity index (χ3n) is 1.88. The van der Waals surface area contributed by atoms with E-state index in [9.17, 15) is 4.79 Å². The van der Waals surface area contributed by atoms with Gasteiger partial charge in [0.25, 0.3) is 0 Å². The Morgan fingerprint density at radius 1 is 1.50 bits per heavy atom. The van der Waals surface area contributed by atoms with Crippen LogP contribution in [-0.4, -0.2) is 17.6 Å². The maximum absolute atomic E-state index is 11.2. The molecule has 0 fully saturated rings. The fourth-order valence-electron chi connectivity index (χ4n) is 0.791. The predicted octanol–water partition coefficient (Wildman–Crippen LogP) is 2.27. The van der Waals surface area contributed by atoms with E-state index in [1.165, 1.54) is 0 Å². The molecule has 0 aromatic heterocycles. The number of ether oxygens (including phenoxy) is 1. The summed E-state index contributed by atoms with van der Waals surface area (Å²) in [6.07, 6.45) is 1.96. The van der Waals surface area contributed by atoms with Crippen LogP contribution in [-0.2, 0) is 9.53 Å². The summed E-state index contributed by atoms with van der Waals surface area (Å²) in [6, 6.07) is 0. The maximum atomic E-state index is 11.2. The normalized spacial score (nSPS) is 12.9. The zero-order chi connectivity index (χ0) is 10.5. The second-order valence-corrected chi connectivity index (χ2v) is 4.20. The molecule has 0 aliphatic rings. The third kappa shape index (κ3) is 9.81. The Labute approximate surface area is 92.8 Å². The van der Waals surface area contributed by atoms with Gasteiger partial charge in [-0.25, -0.2) is 0 Å². The van der Waals surface area contributed by atoms with Crippen LogP contribution in [0, 0.1) is 0 Å². The van der Waals surface area contributed by atoms with Gasteiger partial charge in [-0.1, -0.05) is 6.92 Å². The van der Waals surface area contributed by atoms with Crippen molar-refractivity contribution >= 4 is 18.4 Å². The number of carbonyl (C=O) groups excluding carboxylic acids is 1. The van der Waals surface area contributed by atoms with E-state index in [0.717, 1.165) is 6.42 Å². The molecule has 14 heavy (non-hydrogen) atoms. The van der Waals surface area contributed by atoms with Crippen LogP contribution in [0.25, 0.3) is 0 Å². The molecule has 0 amide bonds. The number of carbonyl (C=O) groups is 1. The molecule has 1 atom stereocenters. The van der Waals surface area contributed by atoms with Gasteiger partial charge < -0.3 is 10.5 Å². The zero-order valence-corrected chi connectivity index (χ0v) is 10.3. The van der Waals surface area contributed by atoms with E-state index in [1.54, 1.807) is 0 Å². The summed E-state index contributed by atoms with van der Waals surface area (Å²) in [7, 11) is 0. The number of esters is 1. The lowest BCUT2D eigenvalue weighted by Gasteiger charge is -2.18. The van der Waals surface area contributed by atoms with E-state index in [1.807, 2.05) is 27.7 Å². The summed E-state index contributed by atoms with van der Waals surface area (Å²) in [4.78, 5) is 11.2. The van der Waals surface area contributed by atoms with Gasteiger partial charge in [0.05, 0.1) is 6.10 Å². The van der Waals surface area contributed by atoms with E-state index in [0.29, 0.717) is 12.8 Å². The Balaban J connectivity index is 0. The Bertz CT molecular complexity index is 166. The number of nitrogens with two attached hydrogens (primary N) is 1. The van der Waals surface area contributed by atoms with Crippen LogP contribution < -0.4 is 5.73 Å². The standard InChI is InChI=1S/C10H21NO2.ClH/c1-5-8(2)13-9(12)6-7-10(3,4)11;/h8H,5-7,11H2,1-4H3;1H. The SMILES string of the molecule is CCC(C)OC(=O)CCC(C)(C)N.Cl. The third-order valence-corrected chi connectivity index (χ3v) is 1.88. The van der Waals surface area contributed by atoms with Gasteiger partial charge in [-0.05, 0) is 33.6 Å². The molecule has 86 valence electrons. The minimum atomic E-state index is -0.283. The lowest BCUT2D eigenvalue weighted by molar-refractivity contribution is -0.148. The first-order valence-corrected chi connectivity index (χ1v) is 4.83. The second kappa shape index (κ2) is 7.07. The van der Waals surface area contributed by atoms with E-state index in [4.69, 9.17) is 10.5 Å². The molecule has 1 unspecified atom stereocenters. The molecule has 0 heterocycles. The van der Waals surface area contributed by atoms with Crippen LogP contribution in [0.4, 0.5) is 0 Å². The first-order chi connectivity index (χ1) is 5.85. The highest BCUT2D eigenvalue weighted by Gasteiger charge is 2.14. The van der Waals surface area contributed by atoms with Gasteiger partial charge in [0.1, 0.15) is 0 Å². The van der Waals surface area contributed by atoms with Gasteiger partial charge in [0, 0.05) is 12.0 Å². The molecular formula is C10H22ClNO2. The largest absolute Gasteiger partial charge is 0.463 e. The Kier molecular flexibility index (Phi) is 8.16. The van der Waals surface area contributed by atoms with E-state index in [2.05, 4.69) is 0 Å². The summed E-state index contributed by atoms with van der Waals surface area (Å²) in [5, 5.41) is 0. The number of hydrogen-bond donors (Lipinski definition) is 1. The molecule has 0 aliphatic carbocycles. The molecule has 0 radical (unpaired) electrons. The average molecular weight is 224 g/mol. The Morgan fingerprint density at radius 3 is 2.36 bits per heavy atom. The minimum absolute atomic E-state index is 0. The fraction of sp³-hybridized carbons (Fsp3) is 0.900. The maximum Gasteiger partial charge on any atom is 0.306 e. The highest BCUT2D eigenvalue weighted by molar-refractivity contribution is 5.85. The van der Waals surface area contributed by atoms with Crippen molar-refractivity contribution in [2.45, 2.75) is 58.6 Å². The molecule has 0 saturated heterocycles. The number of halogens is 1. The van der Waals surface area contributed by atoms with Crippen LogP contribution in [0.15, 0.2) is 0 Å². The molecule has 4 heteroatoms. The van der Waals surface area contributed by atoms with Crippen molar-refractivity contribution in [2.75, 3.05) is 0 Å². The van der Waals surface area contributed by atoms with Crippen molar-refractivity contribution in [2.24, 2.45) is 5.73 Å². The lowest BCUT2D eigenvalue weighted by atomic mass is 10.0. The molecule has 0 spiro atoms. The summed E-state index contributed by atoms with van der Waals surface area (Å²) < 4.78 is 5.10. The van der Waals surface area contributed by atoms with Crippen molar-refractivity contribution in [3.63, 3.8) is 0 Å². The van der Waals surface area contributed by atoms with Gasteiger partial charge in [0.15, 0.2) is 0 Å². The topological polar surface area (TPSA) is 52.3 Å². The van der Waals surface area contributed by atoms with Gasteiger partial charge in [0.2, 0.25) is 0 Å². The van der Waals surface area contributed by atoms with Crippen LogP contribution in [0.2, 0.25) is 0 Å². The monoisotopic (exact) mass is 223 g/mol. The molecule has 0 aromatic rings. The summed E-state index contributed by atoms with van der Waals surface area (Å²) in [6.45, 7) is 7.70. The van der Waals surface area contributed by atoms with Crippen molar-refractivity contribution < 1.29 is 9.53 Å². The van der Waals surface area contributed by atoms with Gasteiger partial charge >= 0.3 is 5.97 Å². The first kappa shape index (κ1) is 16.2. The summed E-state index contributed by atoms with van der Waals surface area (Å²) >= 11 is 0. The molecule has 3 nitrogen and oxygen atoms in total. The predicted molar refractivity (Wildman–Crippen MR) is 60.6 cm³/mol. The average Bonchev–Trinajstić information content (AvgIpc) is 1.99. The van der Waals surface area contributed by atoms with Crippen molar-refractivity contribution in [1.29, 1.82) is 0 Å². The summed E-state index contributed by atoms with van der Waals surface area (Å²) in [5.41, 5.74) is 5.46. The van der Waals surface area contributed by atoms with Crippen LogP contribution in [0.5, 0.6) is 0 Å². The second-order valence-electron chi connectivity index (χ2n) is 4.20. The van der Waals surface area contributed by atoms with Crippen molar-refractivity contribution in [1.82, 2.24) is 0 Å². The summed E-state index contributed by atoms with van der Waals surface area (Å²) in [5.74, 6) is -0.145. The molecule has 2 N–H and O–H groups in total. The molecular weight excluding hydrogens is 202 g/mol. The molecule has 0 aromatic carbocycles. The Hall–Kier alpha value is -0.280. The van der Waals surface area contributed by atoms with E-state index >= 15 is 0 Å². The highest BCUT2D eigenvalue weighted by atomic mass is 35.5. The molecule has 0 saturated carbocycles. The van der Waals surface area contributed by atoms with Gasteiger partial charge in [-0.2, -0.15) is 0 Å². The first-order valence-electron chi connectivity index (χ1n) is 4.83. The number of rotatable bonds is 5. The van der Waals surface area contributed by atoms with Crippen molar-refractivity contribution in [3.8, 4) is 0 Å². The molecule has 0 bridgehead atoms. The zero-order valence-electron chi connectivity index (χ0n) is 9.50.